The molecule has 1 aliphatic rings. The molecule has 5 nitrogen and oxygen atoms in total. The van der Waals surface area contributed by atoms with Gasteiger partial charge in [0.2, 0.25) is 0 Å². The maximum absolute atomic E-state index is 12.6. The largest absolute Gasteiger partial charge is 0.322 e. The quantitative estimate of drug-likeness (QED) is 0.667. The van der Waals surface area contributed by atoms with Crippen molar-refractivity contribution in [2.45, 2.75) is 20.4 Å². The molecule has 0 saturated carbocycles. The molecule has 0 bridgehead atoms. The number of thiazole rings is 1. The van der Waals surface area contributed by atoms with Crippen LogP contribution in [0.3, 0.4) is 0 Å². The third-order valence-electron chi connectivity index (χ3n) is 5.10. The Bertz CT molecular complexity index is 943. The van der Waals surface area contributed by atoms with E-state index in [0.29, 0.717) is 0 Å². The zero-order valence-electron chi connectivity index (χ0n) is 16.1. The molecule has 2 amide bonds. The number of piperazine rings is 1. The van der Waals surface area contributed by atoms with Gasteiger partial charge in [-0.3, -0.25) is 4.90 Å². The molecular weight excluding hydrogens is 388 g/mol. The molecule has 28 heavy (non-hydrogen) atoms. The topological polar surface area (TPSA) is 48.5 Å². The van der Waals surface area contributed by atoms with E-state index in [1.807, 2.05) is 23.1 Å². The van der Waals surface area contributed by atoms with Gasteiger partial charge in [0.1, 0.15) is 5.01 Å². The minimum atomic E-state index is -0.0165. The summed E-state index contributed by atoms with van der Waals surface area (Å²) in [5, 5.41) is 8.37. The first-order valence-corrected chi connectivity index (χ1v) is 11.2. The van der Waals surface area contributed by atoms with E-state index >= 15 is 0 Å². The first-order valence-electron chi connectivity index (χ1n) is 9.42. The number of urea groups is 1. The molecule has 0 aliphatic carbocycles. The van der Waals surface area contributed by atoms with Crippen molar-refractivity contribution >= 4 is 34.4 Å². The molecule has 3 heterocycles. The first-order chi connectivity index (χ1) is 13.6. The number of benzene rings is 1. The van der Waals surface area contributed by atoms with Gasteiger partial charge in [-0.2, -0.15) is 0 Å². The number of aryl methyl sites for hydroxylation is 2. The summed E-state index contributed by atoms with van der Waals surface area (Å²) < 4.78 is 0. The second kappa shape index (κ2) is 8.43. The number of nitrogens with zero attached hydrogens (tertiary/aromatic N) is 3. The van der Waals surface area contributed by atoms with Crippen LogP contribution in [0.25, 0.3) is 10.6 Å². The van der Waals surface area contributed by atoms with Crippen LogP contribution in [0.2, 0.25) is 0 Å². The Hall–Kier alpha value is -2.22. The monoisotopic (exact) mass is 412 g/mol. The highest BCUT2D eigenvalue weighted by Crippen LogP contribution is 2.26. The van der Waals surface area contributed by atoms with Gasteiger partial charge in [-0.05, 0) is 48.6 Å². The lowest BCUT2D eigenvalue weighted by Crippen LogP contribution is -2.49. The van der Waals surface area contributed by atoms with Gasteiger partial charge < -0.3 is 10.2 Å². The van der Waals surface area contributed by atoms with E-state index in [9.17, 15) is 4.79 Å². The molecule has 2 aromatic heterocycles. The number of rotatable bonds is 4. The summed E-state index contributed by atoms with van der Waals surface area (Å²) >= 11 is 3.43. The highest BCUT2D eigenvalue weighted by atomic mass is 32.1. The molecule has 7 heteroatoms. The molecule has 146 valence electrons. The number of anilines is 1. The van der Waals surface area contributed by atoms with Crippen molar-refractivity contribution in [3.63, 3.8) is 0 Å². The molecule has 1 N–H and O–H groups in total. The van der Waals surface area contributed by atoms with Gasteiger partial charge in [0.05, 0.1) is 17.1 Å². The average molecular weight is 413 g/mol. The highest BCUT2D eigenvalue weighted by Gasteiger charge is 2.22. The van der Waals surface area contributed by atoms with Crippen LogP contribution in [-0.4, -0.2) is 47.0 Å². The van der Waals surface area contributed by atoms with Gasteiger partial charge in [-0.25, -0.2) is 9.78 Å². The maximum atomic E-state index is 12.6. The normalized spacial score (nSPS) is 15.0. The van der Waals surface area contributed by atoms with Gasteiger partial charge in [0.25, 0.3) is 0 Å². The molecule has 1 saturated heterocycles. The average Bonchev–Trinajstić information content (AvgIpc) is 3.37. The van der Waals surface area contributed by atoms with E-state index in [2.05, 4.69) is 47.0 Å². The van der Waals surface area contributed by atoms with E-state index in [-0.39, 0.29) is 6.03 Å². The zero-order chi connectivity index (χ0) is 19.5. The van der Waals surface area contributed by atoms with Crippen LogP contribution in [0.1, 0.15) is 16.1 Å². The van der Waals surface area contributed by atoms with Gasteiger partial charge in [-0.1, -0.05) is 12.1 Å². The number of carbonyl (C=O) groups is 1. The van der Waals surface area contributed by atoms with Crippen molar-refractivity contribution < 1.29 is 4.79 Å². The zero-order valence-corrected chi connectivity index (χ0v) is 17.8. The Balaban J connectivity index is 1.28. The van der Waals surface area contributed by atoms with E-state index in [4.69, 9.17) is 4.98 Å². The van der Waals surface area contributed by atoms with Crippen molar-refractivity contribution in [1.29, 1.82) is 0 Å². The summed E-state index contributed by atoms with van der Waals surface area (Å²) in [6.07, 6.45) is 0. The van der Waals surface area contributed by atoms with Crippen LogP contribution in [0.4, 0.5) is 10.5 Å². The number of nitrogens with one attached hydrogen (secondary N) is 1. The van der Waals surface area contributed by atoms with E-state index in [0.717, 1.165) is 49.1 Å². The van der Waals surface area contributed by atoms with Crippen LogP contribution < -0.4 is 5.32 Å². The maximum Gasteiger partial charge on any atom is 0.321 e. The predicted octanol–water partition coefficient (Wildman–Crippen LogP) is 4.84. The molecule has 1 aliphatic heterocycles. The van der Waals surface area contributed by atoms with Crippen molar-refractivity contribution in [2.75, 3.05) is 31.5 Å². The Morgan fingerprint density at radius 2 is 1.93 bits per heavy atom. The smallest absolute Gasteiger partial charge is 0.321 e. The van der Waals surface area contributed by atoms with Gasteiger partial charge in [0.15, 0.2) is 0 Å². The summed E-state index contributed by atoms with van der Waals surface area (Å²) in [7, 11) is 0. The van der Waals surface area contributed by atoms with Gasteiger partial charge in [-0.15, -0.1) is 22.7 Å². The van der Waals surface area contributed by atoms with Crippen LogP contribution in [0, 0.1) is 13.8 Å². The molecule has 0 radical (unpaired) electrons. The predicted molar refractivity (Wildman–Crippen MR) is 117 cm³/mol. The van der Waals surface area contributed by atoms with Crippen LogP contribution in [0.5, 0.6) is 0 Å². The molecule has 4 rings (SSSR count). The molecule has 3 aromatic rings. The lowest BCUT2D eigenvalue weighted by atomic mass is 10.1. The molecule has 1 aromatic carbocycles. The Labute approximate surface area is 173 Å². The number of amides is 2. The number of hydrogen-bond donors (Lipinski definition) is 1. The van der Waals surface area contributed by atoms with E-state index < -0.39 is 0 Å². The summed E-state index contributed by atoms with van der Waals surface area (Å²) in [5.41, 5.74) is 4.35. The lowest BCUT2D eigenvalue weighted by molar-refractivity contribution is 0.143. The molecule has 0 atom stereocenters. The van der Waals surface area contributed by atoms with Crippen LogP contribution in [0.15, 0.2) is 41.1 Å². The first kappa shape index (κ1) is 19.1. The van der Waals surface area contributed by atoms with Crippen molar-refractivity contribution in [2.24, 2.45) is 0 Å². The fourth-order valence-corrected chi connectivity index (χ4v) is 4.84. The fourth-order valence-electron chi connectivity index (χ4n) is 3.24. The molecule has 0 spiro atoms. The Morgan fingerprint density at radius 1 is 1.11 bits per heavy atom. The number of carbonyl (C=O) groups excluding carboxylic acids is 1. The van der Waals surface area contributed by atoms with Crippen LogP contribution in [-0.2, 0) is 6.54 Å². The van der Waals surface area contributed by atoms with Crippen LogP contribution >= 0.6 is 22.7 Å². The van der Waals surface area contributed by atoms with Crippen molar-refractivity contribution in [3.8, 4) is 10.6 Å². The standard InChI is InChI=1S/C21H24N4OS2/c1-15-5-6-17(12-16(15)2)22-21(26)25-9-7-24(8-10-25)13-20-23-18(14-28-20)19-4-3-11-27-19/h3-6,11-12,14H,7-10,13H2,1-2H3,(H,22,26). The summed E-state index contributed by atoms with van der Waals surface area (Å²) in [6, 6.07) is 10.2. The second-order valence-electron chi connectivity index (χ2n) is 7.10. The third kappa shape index (κ3) is 4.43. The summed E-state index contributed by atoms with van der Waals surface area (Å²) in [6.45, 7) is 8.20. The number of hydrogen-bond acceptors (Lipinski definition) is 5. The van der Waals surface area contributed by atoms with E-state index in [1.54, 1.807) is 22.7 Å². The summed E-state index contributed by atoms with van der Waals surface area (Å²) in [5.74, 6) is 0. The molecule has 0 unspecified atom stereocenters. The number of thiophene rings is 1. The fraction of sp³-hybridized carbons (Fsp3) is 0.333. The van der Waals surface area contributed by atoms with Crippen molar-refractivity contribution in [1.82, 2.24) is 14.8 Å². The third-order valence-corrected chi connectivity index (χ3v) is 6.83. The Kier molecular flexibility index (Phi) is 5.75. The summed E-state index contributed by atoms with van der Waals surface area (Å²) in [4.78, 5) is 22.8. The SMILES string of the molecule is Cc1ccc(NC(=O)N2CCN(Cc3nc(-c4cccs4)cs3)CC2)cc1C. The van der Waals surface area contributed by atoms with Gasteiger partial charge in [0, 0.05) is 37.2 Å². The minimum absolute atomic E-state index is 0.0165. The number of aromatic nitrogens is 1. The molecular formula is C21H24N4OS2. The van der Waals surface area contributed by atoms with Gasteiger partial charge >= 0.3 is 6.03 Å². The highest BCUT2D eigenvalue weighted by molar-refractivity contribution is 7.14. The van der Waals surface area contributed by atoms with E-state index in [1.165, 1.54) is 16.0 Å². The lowest BCUT2D eigenvalue weighted by Gasteiger charge is -2.34. The molecule has 1 fully saturated rings. The Morgan fingerprint density at radius 3 is 2.64 bits per heavy atom. The minimum Gasteiger partial charge on any atom is -0.322 e. The second-order valence-corrected chi connectivity index (χ2v) is 8.99. The van der Waals surface area contributed by atoms with Crippen molar-refractivity contribution in [3.05, 3.63) is 57.2 Å².